The average Bonchev–Trinajstić information content (AvgIpc) is 3.35. The molecule has 0 fully saturated rings. The van der Waals surface area contributed by atoms with Crippen LogP contribution in [0.4, 0.5) is 17.2 Å². The van der Waals surface area contributed by atoms with Crippen LogP contribution in [0, 0.1) is 13.5 Å². The quantitative estimate of drug-likeness (QED) is 0.433. The first kappa shape index (κ1) is 17.5. The van der Waals surface area contributed by atoms with E-state index in [0.29, 0.717) is 23.1 Å². The van der Waals surface area contributed by atoms with Gasteiger partial charge in [-0.3, -0.25) is 5.10 Å². The van der Waals surface area contributed by atoms with E-state index in [4.69, 9.17) is 6.57 Å². The molecule has 0 bridgehead atoms. The van der Waals surface area contributed by atoms with Gasteiger partial charge >= 0.3 is 0 Å². The molecule has 11 nitrogen and oxygen atoms in total. The van der Waals surface area contributed by atoms with Crippen molar-refractivity contribution >= 4 is 22.8 Å². The Morgan fingerprint density at radius 2 is 1.89 bits per heavy atom. The molecule has 0 unspecified atom stereocenters. The van der Waals surface area contributed by atoms with Crippen molar-refractivity contribution in [3.8, 4) is 5.95 Å². The first-order valence-corrected chi connectivity index (χ1v) is 8.49. The summed E-state index contributed by atoms with van der Waals surface area (Å²) in [6, 6.07) is 1.70. The number of nitrogens with zero attached hydrogens (tertiary/aromatic N) is 10. The molecular formula is C17H17N11. The number of hydrogen-bond acceptors (Lipinski definition) is 7. The monoisotopic (exact) mass is 375 g/mol. The molecule has 0 aromatic carbocycles. The Bertz CT molecular complexity index is 1210. The Hall–Kier alpha value is -3.94. The summed E-state index contributed by atoms with van der Waals surface area (Å²) in [6.45, 7) is 15.4. The highest BCUT2D eigenvalue weighted by Crippen LogP contribution is 2.36. The van der Waals surface area contributed by atoms with Crippen molar-refractivity contribution in [3.63, 3.8) is 0 Å². The van der Waals surface area contributed by atoms with Gasteiger partial charge in [-0.2, -0.15) is 9.78 Å². The molecule has 140 valence electrons. The summed E-state index contributed by atoms with van der Waals surface area (Å²) in [5.74, 6) is 1.27. The van der Waals surface area contributed by atoms with Crippen LogP contribution in [0.5, 0.6) is 0 Å². The van der Waals surface area contributed by atoms with E-state index in [9.17, 15) is 0 Å². The van der Waals surface area contributed by atoms with E-state index in [1.165, 1.54) is 10.9 Å². The van der Waals surface area contributed by atoms with Crippen molar-refractivity contribution < 1.29 is 0 Å². The number of rotatable bonds is 3. The highest BCUT2D eigenvalue weighted by Gasteiger charge is 2.25. The molecule has 0 saturated carbocycles. The Labute approximate surface area is 160 Å². The maximum absolute atomic E-state index is 7.39. The fraction of sp³-hybridized carbons (Fsp3) is 0.294. The average molecular weight is 375 g/mol. The lowest BCUT2D eigenvalue weighted by Gasteiger charge is -2.16. The number of aryl methyl sites for hydroxylation is 1. The number of nitrogens with one attached hydrogen (secondary N) is 1. The molecular weight excluding hydrogens is 358 g/mol. The number of hydrogen-bond donors (Lipinski definition) is 1. The zero-order chi connectivity index (χ0) is 19.9. The fourth-order valence-corrected chi connectivity index (χ4v) is 2.69. The molecule has 4 aromatic rings. The van der Waals surface area contributed by atoms with E-state index in [-0.39, 0.29) is 16.9 Å². The highest BCUT2D eigenvalue weighted by molar-refractivity contribution is 5.69. The SMILES string of the molecule is [C-]#[N+]c1cnn(-c2ncccn2)c1N=Nc1c(C(C)(C)C)[nH]n2c(C)nnc12. The Kier molecular flexibility index (Phi) is 3.96. The molecule has 4 rings (SSSR count). The number of H-pyrrole nitrogens is 1. The lowest BCUT2D eigenvalue weighted by atomic mass is 9.91. The van der Waals surface area contributed by atoms with Crippen LogP contribution in [0.25, 0.3) is 16.4 Å². The molecule has 0 aliphatic heterocycles. The normalized spacial score (nSPS) is 12.1. The van der Waals surface area contributed by atoms with Crippen LogP contribution in [0.1, 0.15) is 32.3 Å². The van der Waals surface area contributed by atoms with Gasteiger partial charge in [0.25, 0.3) is 11.6 Å². The summed E-state index contributed by atoms with van der Waals surface area (Å²) in [6.07, 6.45) is 4.60. The summed E-state index contributed by atoms with van der Waals surface area (Å²) >= 11 is 0. The standard InChI is InChI=1S/C17H17N11/c1-10-22-25-15-12(13(17(2,3)4)26-27(10)15)23-24-14-11(18-5)9-21-28(14)16-19-7-6-8-20-16/h6-9,26H,1-4H3. The van der Waals surface area contributed by atoms with Gasteiger partial charge in [0.2, 0.25) is 5.65 Å². The van der Waals surface area contributed by atoms with Crippen LogP contribution >= 0.6 is 0 Å². The van der Waals surface area contributed by atoms with Gasteiger partial charge in [0.1, 0.15) is 5.82 Å². The molecule has 0 aliphatic carbocycles. The van der Waals surface area contributed by atoms with Crippen LogP contribution < -0.4 is 0 Å². The summed E-state index contributed by atoms with van der Waals surface area (Å²) in [7, 11) is 0. The Morgan fingerprint density at radius 1 is 1.14 bits per heavy atom. The van der Waals surface area contributed by atoms with Crippen molar-refractivity contribution in [3.05, 3.63) is 47.6 Å². The van der Waals surface area contributed by atoms with Gasteiger partial charge in [-0.25, -0.2) is 19.3 Å². The molecule has 28 heavy (non-hydrogen) atoms. The van der Waals surface area contributed by atoms with Crippen LogP contribution in [0.15, 0.2) is 34.9 Å². The van der Waals surface area contributed by atoms with E-state index >= 15 is 0 Å². The van der Waals surface area contributed by atoms with Crippen LogP contribution in [0.2, 0.25) is 0 Å². The topological polar surface area (TPSA) is 119 Å². The van der Waals surface area contributed by atoms with Gasteiger partial charge in [0.15, 0.2) is 11.5 Å². The summed E-state index contributed by atoms with van der Waals surface area (Å²) in [4.78, 5) is 11.8. The smallest absolute Gasteiger partial charge is 0.252 e. The zero-order valence-corrected chi connectivity index (χ0v) is 15.8. The Morgan fingerprint density at radius 3 is 2.57 bits per heavy atom. The van der Waals surface area contributed by atoms with Crippen molar-refractivity contribution in [1.29, 1.82) is 0 Å². The van der Waals surface area contributed by atoms with Gasteiger partial charge in [0.05, 0.1) is 18.5 Å². The van der Waals surface area contributed by atoms with E-state index < -0.39 is 0 Å². The largest absolute Gasteiger partial charge is 0.292 e. The number of fused-ring (bicyclic) bond motifs is 1. The minimum absolute atomic E-state index is 0.229. The van der Waals surface area contributed by atoms with Crippen molar-refractivity contribution in [2.45, 2.75) is 33.1 Å². The third kappa shape index (κ3) is 2.81. The predicted octanol–water partition coefficient (Wildman–Crippen LogP) is 3.61. The minimum atomic E-state index is -0.229. The third-order valence-corrected chi connectivity index (χ3v) is 4.08. The van der Waals surface area contributed by atoms with Crippen molar-refractivity contribution in [2.75, 3.05) is 0 Å². The molecule has 11 heteroatoms. The van der Waals surface area contributed by atoms with Crippen LogP contribution in [0.3, 0.4) is 0 Å². The van der Waals surface area contributed by atoms with Gasteiger partial charge in [-0.15, -0.1) is 20.4 Å². The van der Waals surface area contributed by atoms with Crippen molar-refractivity contribution in [1.82, 2.24) is 39.6 Å². The zero-order valence-electron chi connectivity index (χ0n) is 15.8. The lowest BCUT2D eigenvalue weighted by molar-refractivity contribution is 0.561. The fourth-order valence-electron chi connectivity index (χ4n) is 2.69. The number of azo groups is 1. The summed E-state index contributed by atoms with van der Waals surface area (Å²) in [5, 5.41) is 24.5. The number of aromatic amines is 1. The van der Waals surface area contributed by atoms with Crippen LogP contribution in [-0.4, -0.2) is 39.6 Å². The summed E-state index contributed by atoms with van der Waals surface area (Å²) in [5.41, 5.74) is 2.00. The second-order valence-corrected chi connectivity index (χ2v) is 7.12. The first-order valence-electron chi connectivity index (χ1n) is 8.49. The summed E-state index contributed by atoms with van der Waals surface area (Å²) < 4.78 is 3.15. The molecule has 0 atom stereocenters. The van der Waals surface area contributed by atoms with E-state index in [0.717, 1.165) is 5.69 Å². The second kappa shape index (κ2) is 6.34. The van der Waals surface area contributed by atoms with Gasteiger partial charge in [0, 0.05) is 17.8 Å². The predicted molar refractivity (Wildman–Crippen MR) is 100 cm³/mol. The molecule has 0 radical (unpaired) electrons. The third-order valence-electron chi connectivity index (χ3n) is 4.08. The molecule has 0 saturated heterocycles. The molecule has 0 aliphatic rings. The van der Waals surface area contributed by atoms with Crippen LogP contribution in [-0.2, 0) is 5.41 Å². The molecule has 0 spiro atoms. The lowest BCUT2D eigenvalue weighted by Crippen LogP contribution is -2.12. The maximum Gasteiger partial charge on any atom is 0.252 e. The van der Waals surface area contributed by atoms with Gasteiger partial charge in [-0.05, 0) is 13.0 Å². The molecule has 1 N–H and O–H groups in total. The Balaban J connectivity index is 1.87. The van der Waals surface area contributed by atoms with Gasteiger partial charge < -0.3 is 0 Å². The number of aromatic nitrogens is 8. The highest BCUT2D eigenvalue weighted by atomic mass is 15.4. The molecule has 4 aromatic heterocycles. The van der Waals surface area contributed by atoms with Crippen molar-refractivity contribution in [2.24, 2.45) is 10.2 Å². The second-order valence-electron chi connectivity index (χ2n) is 7.12. The molecule has 4 heterocycles. The maximum atomic E-state index is 7.39. The van der Waals surface area contributed by atoms with E-state index in [2.05, 4.69) is 66.2 Å². The first-order chi connectivity index (χ1) is 13.4. The van der Waals surface area contributed by atoms with E-state index in [1.807, 2.05) is 6.92 Å². The van der Waals surface area contributed by atoms with E-state index in [1.54, 1.807) is 23.0 Å². The molecule has 0 amide bonds. The minimum Gasteiger partial charge on any atom is -0.292 e. The van der Waals surface area contributed by atoms with Gasteiger partial charge in [-0.1, -0.05) is 20.8 Å².